The smallest absolute Gasteiger partial charge is 0.0971 e. The van der Waals surface area contributed by atoms with Crippen LogP contribution in [-0.4, -0.2) is 18.9 Å². The maximum absolute atomic E-state index is 5.52. The summed E-state index contributed by atoms with van der Waals surface area (Å²) in [5, 5.41) is 3.57. The molecular weight excluding hydrogens is 222 g/mol. The summed E-state index contributed by atoms with van der Waals surface area (Å²) in [7, 11) is 0. The summed E-state index contributed by atoms with van der Waals surface area (Å²) in [6.45, 7) is 6.24. The molecule has 1 aliphatic rings. The summed E-state index contributed by atoms with van der Waals surface area (Å²) < 4.78 is 5.52. The molecule has 1 rings (SSSR count). The van der Waals surface area contributed by atoms with Gasteiger partial charge in [0, 0.05) is 5.54 Å². The Morgan fingerprint density at radius 2 is 1.50 bits per heavy atom. The van der Waals surface area contributed by atoms with Crippen LogP contribution in [0.25, 0.3) is 0 Å². The Balaban J connectivity index is 1.98. The van der Waals surface area contributed by atoms with Gasteiger partial charge >= 0.3 is 0 Å². The maximum atomic E-state index is 5.52. The van der Waals surface area contributed by atoms with E-state index in [1.807, 2.05) is 0 Å². The van der Waals surface area contributed by atoms with Gasteiger partial charge in [-0.05, 0) is 12.8 Å². The van der Waals surface area contributed by atoms with Gasteiger partial charge in [0.1, 0.15) is 0 Å². The van der Waals surface area contributed by atoms with E-state index in [1.165, 1.54) is 70.6 Å². The van der Waals surface area contributed by atoms with Crippen molar-refractivity contribution in [3.8, 4) is 0 Å². The Labute approximate surface area is 114 Å². The van der Waals surface area contributed by atoms with Crippen molar-refractivity contribution in [1.29, 1.82) is 0 Å². The largest absolute Gasteiger partial charge is 0.364 e. The standard InChI is InChI=1S/C16H33NO/c1-3-5-6-7-8-9-10-11-13-16(12-4-2)14-18-15-17-16/h17H,3-15H2,1-2H3. The van der Waals surface area contributed by atoms with Crippen molar-refractivity contribution >= 4 is 0 Å². The van der Waals surface area contributed by atoms with Crippen LogP contribution in [-0.2, 0) is 4.74 Å². The zero-order valence-corrected chi connectivity index (χ0v) is 12.6. The molecule has 2 nitrogen and oxygen atoms in total. The molecule has 0 aromatic carbocycles. The van der Waals surface area contributed by atoms with E-state index in [2.05, 4.69) is 19.2 Å². The van der Waals surface area contributed by atoms with Crippen molar-refractivity contribution in [1.82, 2.24) is 5.32 Å². The molecule has 108 valence electrons. The van der Waals surface area contributed by atoms with Crippen LogP contribution in [0, 0.1) is 0 Å². The van der Waals surface area contributed by atoms with Crippen molar-refractivity contribution < 1.29 is 4.74 Å². The van der Waals surface area contributed by atoms with Gasteiger partial charge in [-0.25, -0.2) is 0 Å². The fraction of sp³-hybridized carbons (Fsp3) is 1.00. The molecule has 0 aromatic heterocycles. The summed E-state index contributed by atoms with van der Waals surface area (Å²) in [4.78, 5) is 0. The molecule has 1 unspecified atom stereocenters. The third kappa shape index (κ3) is 6.19. The van der Waals surface area contributed by atoms with Gasteiger partial charge in [-0.15, -0.1) is 0 Å². The molecule has 1 fully saturated rings. The zero-order chi connectivity index (χ0) is 13.1. The lowest BCUT2D eigenvalue weighted by atomic mass is 9.89. The number of ether oxygens (including phenoxy) is 1. The number of rotatable bonds is 11. The van der Waals surface area contributed by atoms with Crippen molar-refractivity contribution in [2.45, 2.75) is 90.0 Å². The minimum atomic E-state index is 0.316. The first-order chi connectivity index (χ1) is 8.83. The number of hydrogen-bond donors (Lipinski definition) is 1. The van der Waals surface area contributed by atoms with Crippen LogP contribution in [0.1, 0.15) is 84.5 Å². The van der Waals surface area contributed by atoms with Gasteiger partial charge in [0.05, 0.1) is 13.3 Å². The third-order valence-electron chi connectivity index (χ3n) is 4.17. The Morgan fingerprint density at radius 3 is 2.06 bits per heavy atom. The highest BCUT2D eigenvalue weighted by atomic mass is 16.5. The van der Waals surface area contributed by atoms with Gasteiger partial charge in [0.2, 0.25) is 0 Å². The topological polar surface area (TPSA) is 21.3 Å². The summed E-state index contributed by atoms with van der Waals surface area (Å²) in [5.74, 6) is 0. The number of unbranched alkanes of at least 4 members (excludes halogenated alkanes) is 7. The highest BCUT2D eigenvalue weighted by Crippen LogP contribution is 2.25. The van der Waals surface area contributed by atoms with Crippen LogP contribution in [0.5, 0.6) is 0 Å². The van der Waals surface area contributed by atoms with Crippen LogP contribution in [0.4, 0.5) is 0 Å². The normalized spacial score (nSPS) is 23.7. The van der Waals surface area contributed by atoms with Crippen LogP contribution in [0.2, 0.25) is 0 Å². The Kier molecular flexibility index (Phi) is 8.70. The molecule has 0 spiro atoms. The van der Waals surface area contributed by atoms with E-state index < -0.39 is 0 Å². The molecule has 0 amide bonds. The maximum Gasteiger partial charge on any atom is 0.0971 e. The quantitative estimate of drug-likeness (QED) is 0.543. The summed E-state index contributed by atoms with van der Waals surface area (Å²) in [6.07, 6.45) is 15.1. The number of hydrogen-bond acceptors (Lipinski definition) is 2. The Morgan fingerprint density at radius 1 is 0.833 bits per heavy atom. The van der Waals surface area contributed by atoms with Crippen molar-refractivity contribution in [3.63, 3.8) is 0 Å². The van der Waals surface area contributed by atoms with Crippen LogP contribution < -0.4 is 5.32 Å². The van der Waals surface area contributed by atoms with Crippen LogP contribution in [0.3, 0.4) is 0 Å². The average Bonchev–Trinajstić information content (AvgIpc) is 2.82. The molecule has 0 radical (unpaired) electrons. The minimum Gasteiger partial charge on any atom is -0.364 e. The van der Waals surface area contributed by atoms with E-state index in [4.69, 9.17) is 4.74 Å². The van der Waals surface area contributed by atoms with Crippen molar-refractivity contribution in [2.75, 3.05) is 13.3 Å². The van der Waals surface area contributed by atoms with Gasteiger partial charge < -0.3 is 4.74 Å². The van der Waals surface area contributed by atoms with Gasteiger partial charge in [-0.2, -0.15) is 0 Å². The van der Waals surface area contributed by atoms with E-state index in [1.54, 1.807) is 0 Å². The fourth-order valence-electron chi connectivity index (χ4n) is 3.02. The zero-order valence-electron chi connectivity index (χ0n) is 12.6. The molecule has 0 aromatic rings. The molecule has 2 heteroatoms. The molecular formula is C16H33NO. The second kappa shape index (κ2) is 9.80. The first-order valence-corrected chi connectivity index (χ1v) is 8.16. The summed E-state index contributed by atoms with van der Waals surface area (Å²) in [5.41, 5.74) is 0.316. The predicted molar refractivity (Wildman–Crippen MR) is 78.8 cm³/mol. The highest BCUT2D eigenvalue weighted by molar-refractivity contribution is 4.89. The Hall–Kier alpha value is -0.0800. The lowest BCUT2D eigenvalue weighted by molar-refractivity contribution is 0.169. The first-order valence-electron chi connectivity index (χ1n) is 8.16. The van der Waals surface area contributed by atoms with Crippen molar-refractivity contribution in [2.24, 2.45) is 0 Å². The van der Waals surface area contributed by atoms with E-state index >= 15 is 0 Å². The molecule has 1 atom stereocenters. The average molecular weight is 255 g/mol. The van der Waals surface area contributed by atoms with E-state index in [-0.39, 0.29) is 0 Å². The number of nitrogens with one attached hydrogen (secondary N) is 1. The second-order valence-corrected chi connectivity index (χ2v) is 5.92. The fourth-order valence-corrected chi connectivity index (χ4v) is 3.02. The monoisotopic (exact) mass is 255 g/mol. The van der Waals surface area contributed by atoms with Crippen LogP contribution >= 0.6 is 0 Å². The second-order valence-electron chi connectivity index (χ2n) is 5.92. The minimum absolute atomic E-state index is 0.316. The summed E-state index contributed by atoms with van der Waals surface area (Å²) >= 11 is 0. The van der Waals surface area contributed by atoms with Gasteiger partial charge in [0.25, 0.3) is 0 Å². The lowest BCUT2D eigenvalue weighted by Crippen LogP contribution is -2.42. The Bertz CT molecular complexity index is 188. The SMILES string of the molecule is CCCCCCCCCCC1(CCC)COCN1. The predicted octanol–water partition coefficient (Wildman–Crippen LogP) is 4.63. The molecule has 1 heterocycles. The third-order valence-corrected chi connectivity index (χ3v) is 4.17. The first kappa shape index (κ1) is 16.0. The molecule has 0 saturated carbocycles. The lowest BCUT2D eigenvalue weighted by Gasteiger charge is -2.27. The molecule has 0 bridgehead atoms. The molecule has 1 N–H and O–H groups in total. The van der Waals surface area contributed by atoms with Gasteiger partial charge in [-0.3, -0.25) is 5.32 Å². The van der Waals surface area contributed by atoms with Gasteiger partial charge in [-0.1, -0.05) is 71.6 Å². The molecule has 0 aliphatic carbocycles. The van der Waals surface area contributed by atoms with E-state index in [0.29, 0.717) is 5.54 Å². The molecule has 18 heavy (non-hydrogen) atoms. The van der Waals surface area contributed by atoms with Crippen LogP contribution in [0.15, 0.2) is 0 Å². The van der Waals surface area contributed by atoms with E-state index in [9.17, 15) is 0 Å². The summed E-state index contributed by atoms with van der Waals surface area (Å²) in [6, 6.07) is 0. The molecule has 1 saturated heterocycles. The van der Waals surface area contributed by atoms with Gasteiger partial charge in [0.15, 0.2) is 0 Å². The van der Waals surface area contributed by atoms with E-state index in [0.717, 1.165) is 13.3 Å². The van der Waals surface area contributed by atoms with Crippen molar-refractivity contribution in [3.05, 3.63) is 0 Å². The molecule has 1 aliphatic heterocycles. The highest BCUT2D eigenvalue weighted by Gasteiger charge is 2.32.